The highest BCUT2D eigenvalue weighted by Crippen LogP contribution is 2.12. The second kappa shape index (κ2) is 5.36. The Kier molecular flexibility index (Phi) is 5.22. The smallest absolute Gasteiger partial charge is 0.123 e. The molecular formula is C8H10Cl2FN. The standard InChI is InChI=1S/C8H9ClFN.ClH/c9-5-8(11)6-2-1-3-7(10)4-6;/h1-4,8H,5,11H2;1H. The molecule has 0 heterocycles. The molecule has 4 heteroatoms. The SMILES string of the molecule is Cl.NC(CCl)c1cccc(F)c1. The van der Waals surface area contributed by atoms with Crippen LogP contribution in [-0.4, -0.2) is 5.88 Å². The lowest BCUT2D eigenvalue weighted by Crippen LogP contribution is -2.11. The molecule has 1 rings (SSSR count). The third kappa shape index (κ3) is 2.97. The maximum absolute atomic E-state index is 12.6. The van der Waals surface area contributed by atoms with Crippen LogP contribution >= 0.6 is 24.0 Å². The monoisotopic (exact) mass is 209 g/mol. The molecule has 0 aliphatic carbocycles. The van der Waals surface area contributed by atoms with Crippen LogP contribution in [0.25, 0.3) is 0 Å². The molecule has 68 valence electrons. The minimum atomic E-state index is -0.275. The molecule has 0 saturated carbocycles. The van der Waals surface area contributed by atoms with Gasteiger partial charge in [0.25, 0.3) is 0 Å². The van der Waals surface area contributed by atoms with E-state index in [-0.39, 0.29) is 24.3 Å². The van der Waals surface area contributed by atoms with E-state index in [2.05, 4.69) is 0 Å². The van der Waals surface area contributed by atoms with Gasteiger partial charge in [0.1, 0.15) is 5.82 Å². The van der Waals surface area contributed by atoms with Gasteiger partial charge in [-0.1, -0.05) is 12.1 Å². The molecule has 0 bridgehead atoms. The van der Waals surface area contributed by atoms with Crippen LogP contribution in [0.2, 0.25) is 0 Å². The summed E-state index contributed by atoms with van der Waals surface area (Å²) in [5.74, 6) is 0.0340. The van der Waals surface area contributed by atoms with Crippen LogP contribution in [0.1, 0.15) is 11.6 Å². The number of nitrogens with two attached hydrogens (primary N) is 1. The fourth-order valence-electron chi connectivity index (χ4n) is 0.826. The number of halogens is 3. The van der Waals surface area contributed by atoms with Crippen molar-refractivity contribution in [2.75, 3.05) is 5.88 Å². The third-order valence-electron chi connectivity index (χ3n) is 1.44. The fourth-order valence-corrected chi connectivity index (χ4v) is 1.00. The number of hydrogen-bond acceptors (Lipinski definition) is 1. The average Bonchev–Trinajstić information content (AvgIpc) is 2.03. The van der Waals surface area contributed by atoms with Crippen LogP contribution in [0.3, 0.4) is 0 Å². The third-order valence-corrected chi connectivity index (χ3v) is 1.78. The van der Waals surface area contributed by atoms with Gasteiger partial charge in [-0.15, -0.1) is 24.0 Å². The first kappa shape index (κ1) is 11.7. The van der Waals surface area contributed by atoms with E-state index in [1.807, 2.05) is 0 Å². The van der Waals surface area contributed by atoms with E-state index in [4.69, 9.17) is 17.3 Å². The summed E-state index contributed by atoms with van der Waals surface area (Å²) >= 11 is 5.49. The van der Waals surface area contributed by atoms with E-state index >= 15 is 0 Å². The van der Waals surface area contributed by atoms with Gasteiger partial charge >= 0.3 is 0 Å². The number of rotatable bonds is 2. The number of hydrogen-bond donors (Lipinski definition) is 1. The van der Waals surface area contributed by atoms with Crippen molar-refractivity contribution < 1.29 is 4.39 Å². The molecule has 0 radical (unpaired) electrons. The Bertz CT molecular complexity index is 242. The lowest BCUT2D eigenvalue weighted by atomic mass is 10.1. The fraction of sp³-hybridized carbons (Fsp3) is 0.250. The minimum absolute atomic E-state index is 0. The zero-order valence-corrected chi connectivity index (χ0v) is 7.91. The summed E-state index contributed by atoms with van der Waals surface area (Å²) in [5, 5.41) is 0. The zero-order valence-electron chi connectivity index (χ0n) is 6.34. The van der Waals surface area contributed by atoms with E-state index in [0.29, 0.717) is 5.88 Å². The summed E-state index contributed by atoms with van der Waals surface area (Å²) in [6, 6.07) is 5.89. The van der Waals surface area contributed by atoms with E-state index in [0.717, 1.165) is 5.56 Å². The summed E-state index contributed by atoms with van der Waals surface area (Å²) < 4.78 is 12.6. The second-order valence-electron chi connectivity index (χ2n) is 2.32. The topological polar surface area (TPSA) is 26.0 Å². The molecule has 1 nitrogen and oxygen atoms in total. The molecule has 0 aliphatic rings. The Balaban J connectivity index is 0.00000121. The van der Waals surface area contributed by atoms with Crippen molar-refractivity contribution in [3.8, 4) is 0 Å². The molecule has 0 amide bonds. The first-order valence-corrected chi connectivity index (χ1v) is 3.84. The quantitative estimate of drug-likeness (QED) is 0.745. The molecule has 0 aromatic heterocycles. The molecule has 1 aromatic carbocycles. The molecule has 12 heavy (non-hydrogen) atoms. The van der Waals surface area contributed by atoms with Crippen molar-refractivity contribution in [2.24, 2.45) is 5.73 Å². The summed E-state index contributed by atoms with van der Waals surface area (Å²) in [4.78, 5) is 0. The van der Waals surface area contributed by atoms with Crippen molar-refractivity contribution in [1.29, 1.82) is 0 Å². The largest absolute Gasteiger partial charge is 0.323 e. The van der Waals surface area contributed by atoms with Gasteiger partial charge in [0.15, 0.2) is 0 Å². The summed E-state index contributed by atoms with van der Waals surface area (Å²) in [6.07, 6.45) is 0. The Morgan fingerprint density at radius 2 is 2.17 bits per heavy atom. The van der Waals surface area contributed by atoms with Crippen LogP contribution < -0.4 is 5.73 Å². The van der Waals surface area contributed by atoms with E-state index in [9.17, 15) is 4.39 Å². The van der Waals surface area contributed by atoms with Gasteiger partial charge in [-0.3, -0.25) is 0 Å². The first-order chi connectivity index (χ1) is 5.24. The predicted octanol–water partition coefficient (Wildman–Crippen LogP) is 2.49. The summed E-state index contributed by atoms with van der Waals surface area (Å²) in [7, 11) is 0. The van der Waals surface area contributed by atoms with Crippen molar-refractivity contribution in [3.05, 3.63) is 35.6 Å². The lowest BCUT2D eigenvalue weighted by Gasteiger charge is -2.06. The molecule has 0 spiro atoms. The Morgan fingerprint density at radius 1 is 1.50 bits per heavy atom. The predicted molar refractivity (Wildman–Crippen MR) is 51.3 cm³/mol. The molecule has 0 saturated heterocycles. The molecular weight excluding hydrogens is 200 g/mol. The van der Waals surface area contributed by atoms with Crippen LogP contribution in [0.5, 0.6) is 0 Å². The molecule has 1 unspecified atom stereocenters. The van der Waals surface area contributed by atoms with E-state index in [1.54, 1.807) is 12.1 Å². The van der Waals surface area contributed by atoms with Gasteiger partial charge < -0.3 is 5.73 Å². The maximum Gasteiger partial charge on any atom is 0.123 e. The van der Waals surface area contributed by atoms with Gasteiger partial charge in [-0.25, -0.2) is 4.39 Å². The molecule has 0 aliphatic heterocycles. The number of alkyl halides is 1. The molecule has 2 N–H and O–H groups in total. The van der Waals surface area contributed by atoms with Gasteiger partial charge in [-0.05, 0) is 17.7 Å². The normalized spacial score (nSPS) is 11.9. The Morgan fingerprint density at radius 3 is 2.67 bits per heavy atom. The van der Waals surface area contributed by atoms with Crippen molar-refractivity contribution >= 4 is 24.0 Å². The lowest BCUT2D eigenvalue weighted by molar-refractivity contribution is 0.622. The van der Waals surface area contributed by atoms with Crippen molar-refractivity contribution in [3.63, 3.8) is 0 Å². The van der Waals surface area contributed by atoms with Crippen LogP contribution in [0.4, 0.5) is 4.39 Å². The highest BCUT2D eigenvalue weighted by atomic mass is 35.5. The Labute approximate surface area is 82.1 Å². The van der Waals surface area contributed by atoms with Gasteiger partial charge in [0.2, 0.25) is 0 Å². The van der Waals surface area contributed by atoms with Gasteiger partial charge in [0.05, 0.1) is 0 Å². The van der Waals surface area contributed by atoms with E-state index in [1.165, 1.54) is 12.1 Å². The zero-order chi connectivity index (χ0) is 8.27. The van der Waals surface area contributed by atoms with Crippen molar-refractivity contribution in [2.45, 2.75) is 6.04 Å². The summed E-state index contributed by atoms with van der Waals surface area (Å²) in [5.41, 5.74) is 6.30. The van der Waals surface area contributed by atoms with E-state index < -0.39 is 0 Å². The van der Waals surface area contributed by atoms with Crippen molar-refractivity contribution in [1.82, 2.24) is 0 Å². The van der Waals surface area contributed by atoms with Gasteiger partial charge in [0, 0.05) is 11.9 Å². The second-order valence-corrected chi connectivity index (χ2v) is 2.62. The number of benzene rings is 1. The highest BCUT2D eigenvalue weighted by molar-refractivity contribution is 6.18. The van der Waals surface area contributed by atoms with Gasteiger partial charge in [-0.2, -0.15) is 0 Å². The molecule has 0 fully saturated rings. The minimum Gasteiger partial charge on any atom is -0.323 e. The Hall–Kier alpha value is -0.310. The average molecular weight is 210 g/mol. The summed E-state index contributed by atoms with van der Waals surface area (Å²) in [6.45, 7) is 0. The van der Waals surface area contributed by atoms with Crippen LogP contribution in [0.15, 0.2) is 24.3 Å². The molecule has 1 atom stereocenters. The van der Waals surface area contributed by atoms with Crippen LogP contribution in [-0.2, 0) is 0 Å². The highest BCUT2D eigenvalue weighted by Gasteiger charge is 2.03. The van der Waals surface area contributed by atoms with Crippen LogP contribution in [0, 0.1) is 5.82 Å². The first-order valence-electron chi connectivity index (χ1n) is 3.31. The molecule has 1 aromatic rings. The maximum atomic E-state index is 12.6.